The first kappa shape index (κ1) is 16.9. The number of benzene rings is 2. The average molecular weight is 348 g/mol. The third-order valence-corrected chi connectivity index (χ3v) is 5.06. The minimum atomic E-state index is 0.100. The number of carbonyl (C=O) groups is 1. The number of hydrogen-bond donors (Lipinski definition) is 0. The Balaban J connectivity index is 1.28. The molecule has 4 nitrogen and oxygen atoms in total. The molecule has 0 bridgehead atoms. The molecule has 0 aliphatic carbocycles. The molecule has 0 N–H and O–H groups in total. The quantitative estimate of drug-likeness (QED) is 0.797. The van der Waals surface area contributed by atoms with Crippen molar-refractivity contribution in [3.63, 3.8) is 0 Å². The summed E-state index contributed by atoms with van der Waals surface area (Å²) >= 11 is 0. The van der Waals surface area contributed by atoms with Crippen molar-refractivity contribution in [2.24, 2.45) is 0 Å². The minimum Gasteiger partial charge on any atom is -0.493 e. The van der Waals surface area contributed by atoms with E-state index >= 15 is 0 Å². The molecule has 0 atom stereocenters. The highest BCUT2D eigenvalue weighted by atomic mass is 16.5. The lowest BCUT2D eigenvalue weighted by Crippen LogP contribution is -2.47. The summed E-state index contributed by atoms with van der Waals surface area (Å²) in [5.41, 5.74) is 3.71. The topological polar surface area (TPSA) is 32.8 Å². The molecule has 2 aliphatic rings. The van der Waals surface area contributed by atoms with Crippen LogP contribution in [0.4, 0.5) is 0 Å². The molecule has 1 fully saturated rings. The van der Waals surface area contributed by atoms with Crippen LogP contribution in [0.25, 0.3) is 6.08 Å². The van der Waals surface area contributed by atoms with Crippen LogP contribution < -0.4 is 4.74 Å². The van der Waals surface area contributed by atoms with Crippen molar-refractivity contribution in [3.8, 4) is 5.75 Å². The normalized spacial score (nSPS) is 17.3. The maximum atomic E-state index is 12.4. The van der Waals surface area contributed by atoms with E-state index in [9.17, 15) is 4.79 Å². The predicted octanol–water partition coefficient (Wildman–Crippen LogP) is 2.98. The molecule has 0 spiro atoms. The summed E-state index contributed by atoms with van der Waals surface area (Å²) in [5, 5.41) is 0. The minimum absolute atomic E-state index is 0.100. The van der Waals surface area contributed by atoms with E-state index in [-0.39, 0.29) is 5.91 Å². The fraction of sp³-hybridized carbons (Fsp3) is 0.318. The zero-order valence-electron chi connectivity index (χ0n) is 14.9. The molecule has 0 aromatic heterocycles. The summed E-state index contributed by atoms with van der Waals surface area (Å²) < 4.78 is 5.57. The van der Waals surface area contributed by atoms with Crippen LogP contribution in [-0.4, -0.2) is 48.5 Å². The standard InChI is InChI=1S/C22H24N2O2/c25-22(9-7-18-4-2-1-3-5-18)24-13-11-23(12-14-24)17-19-6-8-21-20(16-19)10-15-26-21/h1-9,16H,10-15,17H2/b9-7+. The number of rotatable bonds is 4. The van der Waals surface area contributed by atoms with Gasteiger partial charge in [0.25, 0.3) is 0 Å². The molecule has 4 rings (SSSR count). The average Bonchev–Trinajstić information content (AvgIpc) is 3.15. The Labute approximate surface area is 154 Å². The van der Waals surface area contributed by atoms with Gasteiger partial charge in [-0.25, -0.2) is 0 Å². The maximum absolute atomic E-state index is 12.4. The zero-order chi connectivity index (χ0) is 17.8. The van der Waals surface area contributed by atoms with Crippen molar-refractivity contribution in [1.29, 1.82) is 0 Å². The number of fused-ring (bicyclic) bond motifs is 1. The van der Waals surface area contributed by atoms with Crippen LogP contribution in [0, 0.1) is 0 Å². The molecule has 1 amide bonds. The van der Waals surface area contributed by atoms with E-state index in [1.807, 2.05) is 41.3 Å². The molecular formula is C22H24N2O2. The third-order valence-electron chi connectivity index (χ3n) is 5.06. The Morgan fingerprint density at radius 1 is 1.04 bits per heavy atom. The molecule has 2 aromatic rings. The number of hydrogen-bond acceptors (Lipinski definition) is 3. The SMILES string of the molecule is O=C(/C=C/c1ccccc1)N1CCN(Cc2ccc3c(c2)CCO3)CC1. The van der Waals surface area contributed by atoms with Gasteiger partial charge in [0, 0.05) is 45.2 Å². The highest BCUT2D eigenvalue weighted by Crippen LogP contribution is 2.26. The number of piperazine rings is 1. The summed E-state index contributed by atoms with van der Waals surface area (Å²) in [4.78, 5) is 16.7. The lowest BCUT2D eigenvalue weighted by Gasteiger charge is -2.34. The van der Waals surface area contributed by atoms with Crippen LogP contribution in [0.3, 0.4) is 0 Å². The third kappa shape index (κ3) is 3.97. The number of carbonyl (C=O) groups excluding carboxylic acids is 1. The van der Waals surface area contributed by atoms with Gasteiger partial charge < -0.3 is 9.64 Å². The molecule has 1 saturated heterocycles. The Hall–Kier alpha value is -2.59. The molecule has 0 radical (unpaired) electrons. The fourth-order valence-corrected chi connectivity index (χ4v) is 3.56. The van der Waals surface area contributed by atoms with Crippen molar-refractivity contribution < 1.29 is 9.53 Å². The monoisotopic (exact) mass is 348 g/mol. The van der Waals surface area contributed by atoms with Crippen LogP contribution in [0.1, 0.15) is 16.7 Å². The zero-order valence-corrected chi connectivity index (χ0v) is 14.9. The molecule has 26 heavy (non-hydrogen) atoms. The first-order chi connectivity index (χ1) is 12.8. The van der Waals surface area contributed by atoms with Crippen LogP contribution >= 0.6 is 0 Å². The van der Waals surface area contributed by atoms with Gasteiger partial charge in [0.2, 0.25) is 5.91 Å². The molecular weight excluding hydrogens is 324 g/mol. The van der Waals surface area contributed by atoms with Gasteiger partial charge in [-0.15, -0.1) is 0 Å². The second-order valence-electron chi connectivity index (χ2n) is 6.89. The largest absolute Gasteiger partial charge is 0.493 e. The summed E-state index contributed by atoms with van der Waals surface area (Å²) in [5.74, 6) is 1.14. The molecule has 0 unspecified atom stereocenters. The van der Waals surface area contributed by atoms with Gasteiger partial charge >= 0.3 is 0 Å². The predicted molar refractivity (Wildman–Crippen MR) is 103 cm³/mol. The molecule has 134 valence electrons. The van der Waals surface area contributed by atoms with Gasteiger partial charge in [-0.05, 0) is 28.8 Å². The van der Waals surface area contributed by atoms with Crippen molar-refractivity contribution >= 4 is 12.0 Å². The summed E-state index contributed by atoms with van der Waals surface area (Å²) in [7, 11) is 0. The molecule has 2 aromatic carbocycles. The fourth-order valence-electron chi connectivity index (χ4n) is 3.56. The van der Waals surface area contributed by atoms with Crippen LogP contribution in [0.2, 0.25) is 0 Å². The second kappa shape index (κ2) is 7.75. The van der Waals surface area contributed by atoms with E-state index in [0.29, 0.717) is 0 Å². The van der Waals surface area contributed by atoms with Crippen LogP contribution in [-0.2, 0) is 17.8 Å². The first-order valence-corrected chi connectivity index (χ1v) is 9.27. The Bertz CT molecular complexity index is 793. The maximum Gasteiger partial charge on any atom is 0.246 e. The lowest BCUT2D eigenvalue weighted by molar-refractivity contribution is -0.127. The van der Waals surface area contributed by atoms with Crippen molar-refractivity contribution in [3.05, 3.63) is 71.3 Å². The van der Waals surface area contributed by atoms with E-state index in [0.717, 1.165) is 57.1 Å². The summed E-state index contributed by atoms with van der Waals surface area (Å²) in [6, 6.07) is 16.5. The number of nitrogens with zero attached hydrogens (tertiary/aromatic N) is 2. The highest BCUT2D eigenvalue weighted by Gasteiger charge is 2.20. The van der Waals surface area contributed by atoms with E-state index in [1.54, 1.807) is 6.08 Å². The first-order valence-electron chi connectivity index (χ1n) is 9.27. The van der Waals surface area contributed by atoms with Gasteiger partial charge in [-0.3, -0.25) is 9.69 Å². The number of amides is 1. The van der Waals surface area contributed by atoms with E-state index in [2.05, 4.69) is 23.1 Å². The van der Waals surface area contributed by atoms with E-state index in [4.69, 9.17) is 4.74 Å². The summed E-state index contributed by atoms with van der Waals surface area (Å²) in [6.45, 7) is 5.14. The Morgan fingerprint density at radius 3 is 2.65 bits per heavy atom. The summed E-state index contributed by atoms with van der Waals surface area (Å²) in [6.07, 6.45) is 4.59. The van der Waals surface area contributed by atoms with Gasteiger partial charge in [-0.2, -0.15) is 0 Å². The Morgan fingerprint density at radius 2 is 1.85 bits per heavy atom. The smallest absolute Gasteiger partial charge is 0.246 e. The molecule has 2 heterocycles. The van der Waals surface area contributed by atoms with Crippen LogP contribution in [0.5, 0.6) is 5.75 Å². The Kier molecular flexibility index (Phi) is 5.02. The second-order valence-corrected chi connectivity index (χ2v) is 6.89. The van der Waals surface area contributed by atoms with Gasteiger partial charge in [0.05, 0.1) is 6.61 Å². The van der Waals surface area contributed by atoms with Crippen molar-refractivity contribution in [1.82, 2.24) is 9.80 Å². The van der Waals surface area contributed by atoms with Gasteiger partial charge in [0.15, 0.2) is 0 Å². The highest BCUT2D eigenvalue weighted by molar-refractivity contribution is 5.91. The van der Waals surface area contributed by atoms with Crippen molar-refractivity contribution in [2.75, 3.05) is 32.8 Å². The molecule has 2 aliphatic heterocycles. The molecule has 4 heteroatoms. The van der Waals surface area contributed by atoms with E-state index in [1.165, 1.54) is 11.1 Å². The van der Waals surface area contributed by atoms with E-state index < -0.39 is 0 Å². The van der Waals surface area contributed by atoms with Crippen molar-refractivity contribution in [2.45, 2.75) is 13.0 Å². The molecule has 0 saturated carbocycles. The van der Waals surface area contributed by atoms with Crippen LogP contribution in [0.15, 0.2) is 54.6 Å². The lowest BCUT2D eigenvalue weighted by atomic mass is 10.1. The van der Waals surface area contributed by atoms with Gasteiger partial charge in [0.1, 0.15) is 5.75 Å². The number of ether oxygens (including phenoxy) is 1. The van der Waals surface area contributed by atoms with Gasteiger partial charge in [-0.1, -0.05) is 42.5 Å².